The van der Waals surface area contributed by atoms with E-state index < -0.39 is 0 Å². The second-order valence-corrected chi connectivity index (χ2v) is 4.06. The standard InChI is InChI=1S/C12H18N2/c1-3-9-10(8-12(9)13-2)11-6-4-5-7-14-11/h4-7,9-10,12-13H,3,8H2,1-2H3. The van der Waals surface area contributed by atoms with Crippen molar-refractivity contribution in [2.24, 2.45) is 5.92 Å². The van der Waals surface area contributed by atoms with Gasteiger partial charge in [0.1, 0.15) is 0 Å². The Labute approximate surface area is 85.7 Å². The highest BCUT2D eigenvalue weighted by Gasteiger charge is 2.39. The molecule has 1 N–H and O–H groups in total. The minimum Gasteiger partial charge on any atom is -0.317 e. The van der Waals surface area contributed by atoms with Gasteiger partial charge >= 0.3 is 0 Å². The number of nitrogens with one attached hydrogen (secondary N) is 1. The molecule has 76 valence electrons. The molecule has 0 radical (unpaired) electrons. The molecule has 0 amide bonds. The highest BCUT2D eigenvalue weighted by Crippen LogP contribution is 2.43. The van der Waals surface area contributed by atoms with E-state index in [1.165, 1.54) is 18.5 Å². The van der Waals surface area contributed by atoms with Crippen molar-refractivity contribution in [1.82, 2.24) is 10.3 Å². The summed E-state index contributed by atoms with van der Waals surface area (Å²) in [5, 5.41) is 3.37. The second kappa shape index (κ2) is 4.09. The van der Waals surface area contributed by atoms with Gasteiger partial charge in [0.15, 0.2) is 0 Å². The van der Waals surface area contributed by atoms with Gasteiger partial charge in [-0.2, -0.15) is 0 Å². The van der Waals surface area contributed by atoms with E-state index in [-0.39, 0.29) is 0 Å². The minimum atomic E-state index is 0.679. The second-order valence-electron chi connectivity index (χ2n) is 4.06. The summed E-state index contributed by atoms with van der Waals surface area (Å²) in [5.74, 6) is 1.45. The van der Waals surface area contributed by atoms with E-state index in [1.54, 1.807) is 0 Å². The smallest absolute Gasteiger partial charge is 0.0438 e. The van der Waals surface area contributed by atoms with Crippen molar-refractivity contribution in [3.8, 4) is 0 Å². The van der Waals surface area contributed by atoms with Gasteiger partial charge in [-0.25, -0.2) is 0 Å². The monoisotopic (exact) mass is 190 g/mol. The molecule has 3 atom stereocenters. The largest absolute Gasteiger partial charge is 0.317 e. The summed E-state index contributed by atoms with van der Waals surface area (Å²) in [6.07, 6.45) is 4.38. The molecule has 0 aliphatic heterocycles. The van der Waals surface area contributed by atoms with Crippen molar-refractivity contribution in [2.45, 2.75) is 31.7 Å². The van der Waals surface area contributed by atoms with Gasteiger partial charge in [0, 0.05) is 23.9 Å². The number of nitrogens with zero attached hydrogens (tertiary/aromatic N) is 1. The van der Waals surface area contributed by atoms with Crippen LogP contribution in [-0.2, 0) is 0 Å². The van der Waals surface area contributed by atoms with Crippen LogP contribution < -0.4 is 5.32 Å². The molecule has 1 fully saturated rings. The first-order valence-electron chi connectivity index (χ1n) is 5.45. The minimum absolute atomic E-state index is 0.679. The van der Waals surface area contributed by atoms with E-state index in [0.29, 0.717) is 12.0 Å². The van der Waals surface area contributed by atoms with Gasteiger partial charge in [-0.15, -0.1) is 0 Å². The van der Waals surface area contributed by atoms with Crippen molar-refractivity contribution in [3.05, 3.63) is 30.1 Å². The molecule has 0 bridgehead atoms. The van der Waals surface area contributed by atoms with Crippen LogP contribution in [0.25, 0.3) is 0 Å². The van der Waals surface area contributed by atoms with E-state index >= 15 is 0 Å². The molecular formula is C12H18N2. The van der Waals surface area contributed by atoms with E-state index in [1.807, 2.05) is 12.3 Å². The number of hydrogen-bond donors (Lipinski definition) is 1. The van der Waals surface area contributed by atoms with Crippen LogP contribution in [0.3, 0.4) is 0 Å². The molecular weight excluding hydrogens is 172 g/mol. The molecule has 0 spiro atoms. The first-order valence-corrected chi connectivity index (χ1v) is 5.45. The molecule has 2 rings (SSSR count). The number of pyridine rings is 1. The average molecular weight is 190 g/mol. The first-order chi connectivity index (χ1) is 6.86. The third kappa shape index (κ3) is 1.55. The number of rotatable bonds is 3. The predicted molar refractivity (Wildman–Crippen MR) is 58.2 cm³/mol. The quantitative estimate of drug-likeness (QED) is 0.790. The zero-order chi connectivity index (χ0) is 9.97. The van der Waals surface area contributed by atoms with Crippen molar-refractivity contribution in [3.63, 3.8) is 0 Å². The Bertz CT molecular complexity index is 284. The third-order valence-corrected chi connectivity index (χ3v) is 3.45. The SMILES string of the molecule is CCC1C(NC)CC1c1ccccn1. The molecule has 0 saturated heterocycles. The fourth-order valence-corrected chi connectivity index (χ4v) is 2.54. The van der Waals surface area contributed by atoms with Crippen LogP contribution in [0.2, 0.25) is 0 Å². The van der Waals surface area contributed by atoms with Gasteiger partial charge in [0.25, 0.3) is 0 Å². The molecule has 2 nitrogen and oxygen atoms in total. The first kappa shape index (κ1) is 9.66. The number of aromatic nitrogens is 1. The molecule has 14 heavy (non-hydrogen) atoms. The van der Waals surface area contributed by atoms with E-state index in [4.69, 9.17) is 0 Å². The maximum absolute atomic E-state index is 4.44. The van der Waals surface area contributed by atoms with E-state index in [9.17, 15) is 0 Å². The summed E-state index contributed by atoms with van der Waals surface area (Å²) in [4.78, 5) is 4.44. The Morgan fingerprint density at radius 1 is 1.50 bits per heavy atom. The van der Waals surface area contributed by atoms with Crippen LogP contribution in [0, 0.1) is 5.92 Å². The highest BCUT2D eigenvalue weighted by atomic mass is 14.9. The van der Waals surface area contributed by atoms with Crippen LogP contribution >= 0.6 is 0 Å². The Kier molecular flexibility index (Phi) is 2.82. The molecule has 1 saturated carbocycles. The molecule has 1 aromatic rings. The highest BCUT2D eigenvalue weighted by molar-refractivity contribution is 5.17. The lowest BCUT2D eigenvalue weighted by Crippen LogP contribution is -2.47. The molecule has 0 aromatic carbocycles. The molecule has 2 heteroatoms. The summed E-state index contributed by atoms with van der Waals surface area (Å²) >= 11 is 0. The maximum Gasteiger partial charge on any atom is 0.0438 e. The summed E-state index contributed by atoms with van der Waals surface area (Å²) in [7, 11) is 2.06. The normalized spacial score (nSPS) is 31.1. The predicted octanol–water partition coefficient (Wildman–Crippen LogP) is 2.18. The molecule has 1 aliphatic carbocycles. The zero-order valence-corrected chi connectivity index (χ0v) is 8.90. The average Bonchev–Trinajstić information content (AvgIpc) is 2.19. The molecule has 1 aliphatic rings. The lowest BCUT2D eigenvalue weighted by Gasteiger charge is -2.44. The van der Waals surface area contributed by atoms with Gasteiger partial charge in [-0.05, 0) is 31.5 Å². The van der Waals surface area contributed by atoms with Gasteiger partial charge in [0.2, 0.25) is 0 Å². The van der Waals surface area contributed by atoms with Crippen LogP contribution in [0.4, 0.5) is 0 Å². The lowest BCUT2D eigenvalue weighted by atomic mass is 9.66. The summed E-state index contributed by atoms with van der Waals surface area (Å²) in [5.41, 5.74) is 1.27. The Hall–Kier alpha value is -0.890. The third-order valence-electron chi connectivity index (χ3n) is 3.45. The fourth-order valence-electron chi connectivity index (χ4n) is 2.54. The summed E-state index contributed by atoms with van der Waals surface area (Å²) in [6.45, 7) is 2.27. The maximum atomic E-state index is 4.44. The van der Waals surface area contributed by atoms with Gasteiger partial charge in [-0.3, -0.25) is 4.98 Å². The van der Waals surface area contributed by atoms with Crippen molar-refractivity contribution < 1.29 is 0 Å². The van der Waals surface area contributed by atoms with Gasteiger partial charge < -0.3 is 5.32 Å². The van der Waals surface area contributed by atoms with Crippen LogP contribution in [0.15, 0.2) is 24.4 Å². The van der Waals surface area contributed by atoms with Crippen molar-refractivity contribution >= 4 is 0 Å². The Morgan fingerprint density at radius 3 is 2.93 bits per heavy atom. The zero-order valence-electron chi connectivity index (χ0n) is 8.90. The van der Waals surface area contributed by atoms with E-state index in [2.05, 4.69) is 36.4 Å². The summed E-state index contributed by atoms with van der Waals surface area (Å²) in [6, 6.07) is 6.92. The summed E-state index contributed by atoms with van der Waals surface area (Å²) < 4.78 is 0. The van der Waals surface area contributed by atoms with Crippen LogP contribution in [0.1, 0.15) is 31.4 Å². The Balaban J connectivity index is 2.08. The van der Waals surface area contributed by atoms with Crippen LogP contribution in [-0.4, -0.2) is 18.1 Å². The lowest BCUT2D eigenvalue weighted by molar-refractivity contribution is 0.166. The van der Waals surface area contributed by atoms with Crippen LogP contribution in [0.5, 0.6) is 0 Å². The van der Waals surface area contributed by atoms with E-state index in [0.717, 1.165) is 5.92 Å². The Morgan fingerprint density at radius 2 is 2.36 bits per heavy atom. The van der Waals surface area contributed by atoms with Crippen molar-refractivity contribution in [2.75, 3.05) is 7.05 Å². The molecule has 1 aromatic heterocycles. The van der Waals surface area contributed by atoms with Gasteiger partial charge in [-0.1, -0.05) is 19.4 Å². The topological polar surface area (TPSA) is 24.9 Å². The molecule has 3 unspecified atom stereocenters. The number of hydrogen-bond acceptors (Lipinski definition) is 2. The molecule has 1 heterocycles. The fraction of sp³-hybridized carbons (Fsp3) is 0.583. The van der Waals surface area contributed by atoms with Crippen molar-refractivity contribution in [1.29, 1.82) is 0 Å². The van der Waals surface area contributed by atoms with Gasteiger partial charge in [0.05, 0.1) is 0 Å².